The van der Waals surface area contributed by atoms with Gasteiger partial charge in [0.15, 0.2) is 0 Å². The highest BCUT2D eigenvalue weighted by Gasteiger charge is 2.30. The number of hydrogen-bond donors (Lipinski definition) is 3. The van der Waals surface area contributed by atoms with Crippen LogP contribution in [0, 0.1) is 0 Å². The van der Waals surface area contributed by atoms with Crippen LogP contribution < -0.4 is 5.32 Å². The minimum atomic E-state index is -0.959. The second-order valence-electron chi connectivity index (χ2n) is 8.87. The number of carbonyl (C=O) groups is 2. The molecule has 0 saturated heterocycles. The molecular weight excluding hydrogens is 533 g/mol. The monoisotopic (exact) mass is 557 g/mol. The van der Waals surface area contributed by atoms with Crippen molar-refractivity contribution < 1.29 is 14.7 Å². The molecule has 0 aliphatic rings. The van der Waals surface area contributed by atoms with Gasteiger partial charge in [0.05, 0.1) is 22.7 Å². The number of nitrogens with zero attached hydrogens (tertiary/aromatic N) is 1. The van der Waals surface area contributed by atoms with Gasteiger partial charge in [-0.1, -0.05) is 72.4 Å². The quantitative estimate of drug-likeness (QED) is 0.188. The molecule has 1 amide bonds. The molecule has 0 spiro atoms. The molecule has 1 aromatic heterocycles. The van der Waals surface area contributed by atoms with E-state index in [4.69, 9.17) is 45.0 Å². The number of nitrogens with one attached hydrogen (secondary N) is 2. The summed E-state index contributed by atoms with van der Waals surface area (Å²) in [5.74, 6) is -1.38. The molecule has 6 nitrogen and oxygen atoms in total. The lowest BCUT2D eigenvalue weighted by Crippen LogP contribution is -2.26. The van der Waals surface area contributed by atoms with Crippen LogP contribution in [0.15, 0.2) is 60.7 Å². The summed E-state index contributed by atoms with van der Waals surface area (Å²) in [7, 11) is 0. The normalized spacial score (nSPS) is 12.9. The molecule has 1 heterocycles. The molecule has 2 unspecified atom stereocenters. The molecule has 0 aliphatic heterocycles. The van der Waals surface area contributed by atoms with Crippen LogP contribution in [0.1, 0.15) is 65.2 Å². The van der Waals surface area contributed by atoms with Crippen LogP contribution in [0.2, 0.25) is 15.1 Å². The summed E-state index contributed by atoms with van der Waals surface area (Å²) in [5.41, 5.74) is 4.12. The Bertz CT molecular complexity index is 1400. The molecule has 0 radical (unpaired) electrons. The van der Waals surface area contributed by atoms with E-state index in [0.717, 1.165) is 40.6 Å². The van der Waals surface area contributed by atoms with Crippen molar-refractivity contribution >= 4 is 57.6 Å². The lowest BCUT2D eigenvalue weighted by atomic mass is 9.76. The first-order valence-corrected chi connectivity index (χ1v) is 13.1. The number of rotatable bonds is 10. The molecule has 37 heavy (non-hydrogen) atoms. The molecule has 3 N–H and O–H groups in total. The van der Waals surface area contributed by atoms with Crippen LogP contribution >= 0.6 is 34.8 Å². The van der Waals surface area contributed by atoms with Crippen molar-refractivity contribution in [3.05, 3.63) is 98.1 Å². The van der Waals surface area contributed by atoms with Crippen molar-refractivity contribution in [3.8, 4) is 0 Å². The number of carbonyl (C=O) groups excluding carboxylic acids is 1. The molecule has 4 aromatic rings. The predicted octanol–water partition coefficient (Wildman–Crippen LogP) is 7.44. The number of carboxylic acid groups (broad SMARTS) is 1. The Hall–Kier alpha value is -3.06. The van der Waals surface area contributed by atoms with Gasteiger partial charge in [-0.25, -0.2) is 0 Å². The van der Waals surface area contributed by atoms with Crippen LogP contribution in [0.3, 0.4) is 0 Å². The number of fused-ring (bicyclic) bond motifs is 1. The van der Waals surface area contributed by atoms with E-state index < -0.39 is 5.97 Å². The van der Waals surface area contributed by atoms with E-state index in [1.54, 1.807) is 18.2 Å². The second kappa shape index (κ2) is 12.0. The van der Waals surface area contributed by atoms with Crippen molar-refractivity contribution in [1.82, 2.24) is 15.5 Å². The Balaban J connectivity index is 1.76. The number of aliphatic carboxylic acids is 1. The molecule has 0 saturated carbocycles. The maximum atomic E-state index is 12.5. The van der Waals surface area contributed by atoms with Gasteiger partial charge in [0.25, 0.3) is 5.91 Å². The van der Waals surface area contributed by atoms with Crippen LogP contribution in [-0.2, 0) is 4.79 Å². The summed E-state index contributed by atoms with van der Waals surface area (Å²) in [4.78, 5) is 23.2. The van der Waals surface area contributed by atoms with Crippen molar-refractivity contribution in [3.63, 3.8) is 0 Å². The highest BCUT2D eigenvalue weighted by molar-refractivity contribution is 6.38. The first kappa shape index (κ1) is 27.0. The van der Waals surface area contributed by atoms with Gasteiger partial charge in [0.2, 0.25) is 0 Å². The summed E-state index contributed by atoms with van der Waals surface area (Å²) in [6.07, 6.45) is 1.66. The van der Waals surface area contributed by atoms with Crippen LogP contribution in [0.25, 0.3) is 10.9 Å². The maximum Gasteiger partial charge on any atom is 0.305 e. The third kappa shape index (κ3) is 6.27. The number of amides is 1. The molecule has 192 valence electrons. The van der Waals surface area contributed by atoms with E-state index in [1.807, 2.05) is 42.5 Å². The van der Waals surface area contributed by atoms with Gasteiger partial charge in [-0.05, 0) is 59.9 Å². The van der Waals surface area contributed by atoms with Gasteiger partial charge in [0, 0.05) is 33.5 Å². The fourth-order valence-electron chi connectivity index (χ4n) is 4.66. The molecule has 2 atom stereocenters. The molecule has 0 aliphatic carbocycles. The highest BCUT2D eigenvalue weighted by Crippen LogP contribution is 2.44. The van der Waals surface area contributed by atoms with E-state index in [-0.39, 0.29) is 30.7 Å². The van der Waals surface area contributed by atoms with Crippen molar-refractivity contribution in [1.29, 1.82) is 0 Å². The van der Waals surface area contributed by atoms with E-state index in [2.05, 4.69) is 17.3 Å². The third-order valence-electron chi connectivity index (χ3n) is 6.37. The standard InChI is InChI=1S/C28H26Cl3N3O3/c1-2-3-21(16-4-6-18(7-5-16)28(37)32-13-12-24(35)36)25(17-8-10-19(29)11-9-17)27-22-14-20(30)15-23(31)26(22)33-34-27/h4-11,14-15,21,25H,2-3,12-13H2,1H3,(H,32,37)(H,33,34)(H,35,36). The van der Waals surface area contributed by atoms with E-state index in [0.29, 0.717) is 20.6 Å². The summed E-state index contributed by atoms with van der Waals surface area (Å²) >= 11 is 19.0. The Morgan fingerprint density at radius 1 is 0.973 bits per heavy atom. The van der Waals surface area contributed by atoms with Gasteiger partial charge in [-0.3, -0.25) is 14.7 Å². The highest BCUT2D eigenvalue weighted by atomic mass is 35.5. The van der Waals surface area contributed by atoms with Crippen molar-refractivity contribution in [2.75, 3.05) is 6.54 Å². The van der Waals surface area contributed by atoms with Gasteiger partial charge in [0.1, 0.15) is 0 Å². The zero-order valence-corrected chi connectivity index (χ0v) is 22.4. The Labute approximate surface area is 229 Å². The van der Waals surface area contributed by atoms with Gasteiger partial charge < -0.3 is 10.4 Å². The summed E-state index contributed by atoms with van der Waals surface area (Å²) in [6.45, 7) is 2.21. The first-order chi connectivity index (χ1) is 17.8. The maximum absolute atomic E-state index is 12.5. The number of aromatic amines is 1. The largest absolute Gasteiger partial charge is 0.481 e. The van der Waals surface area contributed by atoms with Crippen LogP contribution in [-0.4, -0.2) is 33.7 Å². The zero-order chi connectivity index (χ0) is 26.5. The zero-order valence-electron chi connectivity index (χ0n) is 20.1. The van der Waals surface area contributed by atoms with Gasteiger partial charge in [-0.15, -0.1) is 0 Å². The molecule has 4 rings (SSSR count). The van der Waals surface area contributed by atoms with Crippen molar-refractivity contribution in [2.24, 2.45) is 0 Å². The summed E-state index contributed by atoms with van der Waals surface area (Å²) in [5, 5.41) is 21.8. The average Bonchev–Trinajstić information content (AvgIpc) is 3.28. The first-order valence-electron chi connectivity index (χ1n) is 12.0. The predicted molar refractivity (Wildman–Crippen MR) is 148 cm³/mol. The van der Waals surface area contributed by atoms with Gasteiger partial charge >= 0.3 is 5.97 Å². The topological polar surface area (TPSA) is 95.1 Å². The SMILES string of the molecule is CCCC(c1ccc(C(=O)NCCC(=O)O)cc1)C(c1ccc(Cl)cc1)c1n[nH]c2c(Cl)cc(Cl)cc12. The Morgan fingerprint density at radius 3 is 2.30 bits per heavy atom. The lowest BCUT2D eigenvalue weighted by Gasteiger charge is -2.27. The molecule has 0 bridgehead atoms. The average molecular weight is 559 g/mol. The molecule has 0 fully saturated rings. The van der Waals surface area contributed by atoms with E-state index in [1.165, 1.54) is 0 Å². The minimum absolute atomic E-state index is 0.0274. The fraction of sp³-hybridized carbons (Fsp3) is 0.250. The van der Waals surface area contributed by atoms with E-state index in [9.17, 15) is 9.59 Å². The smallest absolute Gasteiger partial charge is 0.305 e. The number of H-pyrrole nitrogens is 1. The number of halogens is 3. The number of aromatic nitrogens is 2. The number of carboxylic acids is 1. The molecular formula is C28H26Cl3N3O3. The van der Waals surface area contributed by atoms with Crippen LogP contribution in [0.4, 0.5) is 0 Å². The summed E-state index contributed by atoms with van der Waals surface area (Å²) < 4.78 is 0. The number of hydrogen-bond acceptors (Lipinski definition) is 3. The van der Waals surface area contributed by atoms with Crippen molar-refractivity contribution in [2.45, 2.75) is 38.0 Å². The van der Waals surface area contributed by atoms with Crippen LogP contribution in [0.5, 0.6) is 0 Å². The lowest BCUT2D eigenvalue weighted by molar-refractivity contribution is -0.136. The Morgan fingerprint density at radius 2 is 1.65 bits per heavy atom. The number of benzene rings is 3. The van der Waals surface area contributed by atoms with Gasteiger partial charge in [-0.2, -0.15) is 5.10 Å². The fourth-order valence-corrected chi connectivity index (χ4v) is 5.32. The second-order valence-corrected chi connectivity index (χ2v) is 10.1. The Kier molecular flexibility index (Phi) is 8.75. The molecule has 3 aromatic carbocycles. The third-order valence-corrected chi connectivity index (χ3v) is 7.14. The summed E-state index contributed by atoms with van der Waals surface area (Å²) in [6, 6.07) is 18.7. The molecule has 9 heteroatoms. The van der Waals surface area contributed by atoms with E-state index >= 15 is 0 Å². The minimum Gasteiger partial charge on any atom is -0.481 e.